The van der Waals surface area contributed by atoms with Gasteiger partial charge < -0.3 is 5.11 Å². The predicted molar refractivity (Wildman–Crippen MR) is 90.0 cm³/mol. The smallest absolute Gasteiger partial charge is 0.125 e. The number of hydrogen-bond acceptors (Lipinski definition) is 1. The van der Waals surface area contributed by atoms with Crippen LogP contribution in [0.15, 0.2) is 59.1 Å². The minimum absolute atomic E-state index is 0.377. The van der Waals surface area contributed by atoms with Crippen LogP contribution in [-0.2, 0) is 5.60 Å². The Bertz CT molecular complexity index is 598. The maximum Gasteiger partial charge on any atom is 0.125 e. The Morgan fingerprint density at radius 1 is 1.00 bits per heavy atom. The number of rotatable bonds is 3. The summed E-state index contributed by atoms with van der Waals surface area (Å²) in [6.45, 7) is 0. The summed E-state index contributed by atoms with van der Waals surface area (Å²) in [6, 6.07) is 17.4. The quantitative estimate of drug-likeness (QED) is 0.567. The Balaban J connectivity index is 2.50. The molecule has 0 radical (unpaired) electrons. The molecule has 0 fully saturated rings. The molecular formula is C16H12BrIO. The van der Waals surface area contributed by atoms with E-state index in [1.165, 1.54) is 0 Å². The first-order valence-corrected chi connectivity index (χ1v) is 7.66. The standard InChI is InChI=1S/C16H12BrIO/c17-15-9-7-14(8-10-15)16(19,11-4-12-18)13-5-2-1-3-6-13/h1-3,5-10,19H,11H2. The zero-order valence-electron chi connectivity index (χ0n) is 10.1. The predicted octanol–water partition coefficient (Wildman–Crippen LogP) is 4.47. The Hall–Kier alpha value is -0.830. The van der Waals surface area contributed by atoms with Crippen LogP contribution in [0, 0.1) is 9.85 Å². The molecule has 2 aromatic rings. The van der Waals surface area contributed by atoms with E-state index < -0.39 is 5.60 Å². The number of aliphatic hydroxyl groups is 1. The van der Waals surface area contributed by atoms with Gasteiger partial charge in [0.15, 0.2) is 0 Å². The highest BCUT2D eigenvalue weighted by molar-refractivity contribution is 14.1. The van der Waals surface area contributed by atoms with E-state index in [1.54, 1.807) is 0 Å². The number of halogens is 2. The lowest BCUT2D eigenvalue weighted by Crippen LogP contribution is -2.26. The van der Waals surface area contributed by atoms with Crippen molar-refractivity contribution in [3.05, 3.63) is 70.2 Å². The van der Waals surface area contributed by atoms with E-state index >= 15 is 0 Å². The molecule has 0 saturated heterocycles. The van der Waals surface area contributed by atoms with Crippen LogP contribution in [-0.4, -0.2) is 5.11 Å². The van der Waals surface area contributed by atoms with Crippen LogP contribution in [0.2, 0.25) is 0 Å². The fourth-order valence-corrected chi connectivity index (χ4v) is 2.43. The molecule has 0 aromatic heterocycles. The van der Waals surface area contributed by atoms with Gasteiger partial charge in [0.1, 0.15) is 5.60 Å². The third kappa shape index (κ3) is 3.38. The third-order valence-corrected chi connectivity index (χ3v) is 3.89. The molecule has 0 bridgehead atoms. The molecular weight excluding hydrogens is 415 g/mol. The zero-order chi connectivity index (χ0) is 13.7. The summed E-state index contributed by atoms with van der Waals surface area (Å²) in [7, 11) is 0. The fraction of sp³-hybridized carbons (Fsp3) is 0.125. The second-order valence-corrected chi connectivity index (χ2v) is 5.64. The summed E-state index contributed by atoms with van der Waals surface area (Å²) in [5.74, 6) is 2.98. The Labute approximate surface area is 135 Å². The van der Waals surface area contributed by atoms with Crippen LogP contribution in [0.3, 0.4) is 0 Å². The van der Waals surface area contributed by atoms with E-state index in [-0.39, 0.29) is 0 Å². The molecule has 0 aliphatic heterocycles. The molecule has 2 rings (SSSR count). The average molecular weight is 427 g/mol. The first-order valence-electron chi connectivity index (χ1n) is 5.79. The molecule has 1 atom stereocenters. The molecule has 0 spiro atoms. The molecule has 96 valence electrons. The fourth-order valence-electron chi connectivity index (χ4n) is 1.97. The van der Waals surface area contributed by atoms with Crippen LogP contribution in [0.4, 0.5) is 0 Å². The minimum atomic E-state index is -1.07. The van der Waals surface area contributed by atoms with Gasteiger partial charge in [-0.15, -0.1) is 0 Å². The van der Waals surface area contributed by atoms with Crippen LogP contribution in [0.25, 0.3) is 0 Å². The highest BCUT2D eigenvalue weighted by atomic mass is 127. The van der Waals surface area contributed by atoms with Crippen molar-refractivity contribution in [2.75, 3.05) is 0 Å². The molecule has 1 N–H and O–H groups in total. The van der Waals surface area contributed by atoms with E-state index in [4.69, 9.17) is 0 Å². The highest BCUT2D eigenvalue weighted by Gasteiger charge is 2.30. The number of benzene rings is 2. The Morgan fingerprint density at radius 3 is 2.16 bits per heavy atom. The molecule has 0 aliphatic rings. The summed E-state index contributed by atoms with van der Waals surface area (Å²) < 4.78 is 3.82. The van der Waals surface area contributed by atoms with Crippen molar-refractivity contribution in [1.29, 1.82) is 0 Å². The summed E-state index contributed by atoms with van der Waals surface area (Å²) in [5.41, 5.74) is 0.637. The van der Waals surface area contributed by atoms with Crippen molar-refractivity contribution in [3.8, 4) is 9.85 Å². The molecule has 0 amide bonds. The van der Waals surface area contributed by atoms with Gasteiger partial charge >= 0.3 is 0 Å². The summed E-state index contributed by atoms with van der Waals surface area (Å²) in [6.07, 6.45) is 0.377. The van der Waals surface area contributed by atoms with Crippen LogP contribution in [0.5, 0.6) is 0 Å². The molecule has 0 saturated carbocycles. The lowest BCUT2D eigenvalue weighted by atomic mass is 9.84. The molecule has 2 aromatic carbocycles. The van der Waals surface area contributed by atoms with Gasteiger partial charge in [-0.3, -0.25) is 0 Å². The first kappa shape index (κ1) is 14.6. The zero-order valence-corrected chi connectivity index (χ0v) is 13.8. The Morgan fingerprint density at radius 2 is 1.58 bits per heavy atom. The molecule has 1 nitrogen and oxygen atoms in total. The van der Waals surface area contributed by atoms with Crippen molar-refractivity contribution in [2.45, 2.75) is 12.0 Å². The lowest BCUT2D eigenvalue weighted by molar-refractivity contribution is 0.0865. The van der Waals surface area contributed by atoms with E-state index in [2.05, 4.69) is 25.8 Å². The number of hydrogen-bond donors (Lipinski definition) is 1. The summed E-state index contributed by atoms with van der Waals surface area (Å²) in [5, 5.41) is 11.1. The normalized spacial score (nSPS) is 13.2. The monoisotopic (exact) mass is 426 g/mol. The van der Waals surface area contributed by atoms with Crippen molar-refractivity contribution in [1.82, 2.24) is 0 Å². The highest BCUT2D eigenvalue weighted by Crippen LogP contribution is 2.33. The summed E-state index contributed by atoms with van der Waals surface area (Å²) in [4.78, 5) is 0. The van der Waals surface area contributed by atoms with Crippen LogP contribution >= 0.6 is 38.5 Å². The molecule has 1 unspecified atom stereocenters. The van der Waals surface area contributed by atoms with Crippen LogP contribution < -0.4 is 0 Å². The van der Waals surface area contributed by atoms with E-state index in [0.29, 0.717) is 6.42 Å². The maximum atomic E-state index is 11.1. The van der Waals surface area contributed by atoms with E-state index in [9.17, 15) is 5.11 Å². The molecule has 0 aliphatic carbocycles. The minimum Gasteiger partial charge on any atom is -0.379 e. The average Bonchev–Trinajstić information content (AvgIpc) is 2.46. The maximum absolute atomic E-state index is 11.1. The van der Waals surface area contributed by atoms with Gasteiger partial charge in [-0.25, -0.2) is 0 Å². The molecule has 0 heterocycles. The summed E-state index contributed by atoms with van der Waals surface area (Å²) >= 11 is 5.40. The van der Waals surface area contributed by atoms with Gasteiger partial charge in [0, 0.05) is 33.5 Å². The van der Waals surface area contributed by atoms with Crippen molar-refractivity contribution in [2.24, 2.45) is 0 Å². The van der Waals surface area contributed by atoms with Gasteiger partial charge in [-0.05, 0) is 27.2 Å². The van der Waals surface area contributed by atoms with Crippen molar-refractivity contribution in [3.63, 3.8) is 0 Å². The van der Waals surface area contributed by atoms with Gasteiger partial charge in [0.2, 0.25) is 0 Å². The topological polar surface area (TPSA) is 20.2 Å². The van der Waals surface area contributed by atoms with Crippen LogP contribution in [0.1, 0.15) is 17.5 Å². The van der Waals surface area contributed by atoms with Gasteiger partial charge in [0.25, 0.3) is 0 Å². The van der Waals surface area contributed by atoms with Gasteiger partial charge in [-0.1, -0.05) is 64.3 Å². The van der Waals surface area contributed by atoms with E-state index in [1.807, 2.05) is 77.2 Å². The lowest BCUT2D eigenvalue weighted by Gasteiger charge is -2.27. The second-order valence-electron chi connectivity index (χ2n) is 4.18. The first-order chi connectivity index (χ1) is 9.16. The molecule has 19 heavy (non-hydrogen) atoms. The molecule has 3 heteroatoms. The second kappa shape index (κ2) is 6.56. The third-order valence-electron chi connectivity index (χ3n) is 2.98. The van der Waals surface area contributed by atoms with E-state index in [0.717, 1.165) is 15.6 Å². The SMILES string of the molecule is OC(CC#CI)(c1ccccc1)c1ccc(Br)cc1. The van der Waals surface area contributed by atoms with Crippen molar-refractivity contribution >= 4 is 38.5 Å². The van der Waals surface area contributed by atoms with Gasteiger partial charge in [0.05, 0.1) is 0 Å². The Kier molecular flexibility index (Phi) is 5.03. The van der Waals surface area contributed by atoms with Crippen molar-refractivity contribution < 1.29 is 5.11 Å². The largest absolute Gasteiger partial charge is 0.379 e. The van der Waals surface area contributed by atoms with Gasteiger partial charge in [-0.2, -0.15) is 0 Å².